The largest absolute Gasteiger partial charge is 0.380 e. The van der Waals surface area contributed by atoms with Crippen molar-refractivity contribution in [1.82, 2.24) is 0 Å². The third-order valence-electron chi connectivity index (χ3n) is 6.80. The average molecular weight is 617 g/mol. The van der Waals surface area contributed by atoms with Crippen molar-refractivity contribution in [2.75, 3.05) is 0 Å². The molecule has 1 aliphatic rings. The summed E-state index contributed by atoms with van der Waals surface area (Å²) < 4.78 is 91.4. The van der Waals surface area contributed by atoms with Gasteiger partial charge in [-0.25, -0.2) is 0 Å². The normalized spacial score (nSPS) is 16.0. The van der Waals surface area contributed by atoms with Crippen LogP contribution in [0.5, 0.6) is 0 Å². The van der Waals surface area contributed by atoms with Gasteiger partial charge >= 0.3 is 17.8 Å². The molecule has 0 amide bonds. The van der Waals surface area contributed by atoms with Crippen molar-refractivity contribution in [1.29, 1.82) is 0 Å². The topological polar surface area (TPSA) is 0 Å². The number of terminal acetylenes is 2. The molecule has 8 heteroatoms. The number of allylic oxidation sites excluding steroid dienone is 2. The maximum Gasteiger partial charge on any atom is 0.380 e. The minimum atomic E-state index is -5.66. The smallest absolute Gasteiger partial charge is 0.194 e. The second-order valence-electron chi connectivity index (χ2n) is 9.58. The van der Waals surface area contributed by atoms with E-state index in [2.05, 4.69) is 35.5 Å². The molecule has 0 fully saturated rings. The third-order valence-corrected chi connectivity index (χ3v) is 8.74. The second-order valence-corrected chi connectivity index (χ2v) is 12.1. The molecule has 0 aliphatic heterocycles. The first kappa shape index (κ1) is 29.9. The molecule has 43 heavy (non-hydrogen) atoms. The van der Waals surface area contributed by atoms with Gasteiger partial charge in [0.1, 0.15) is 0 Å². The monoisotopic (exact) mass is 616 g/mol. The van der Waals surface area contributed by atoms with Gasteiger partial charge in [-0.3, -0.25) is 0 Å². The molecule has 0 saturated carbocycles. The molecule has 0 atom stereocenters. The van der Waals surface area contributed by atoms with Gasteiger partial charge in [0.15, 0.2) is 0 Å². The summed E-state index contributed by atoms with van der Waals surface area (Å²) in [5, 5.41) is 0. The lowest BCUT2D eigenvalue weighted by Crippen LogP contribution is -2.48. The molecule has 0 bridgehead atoms. The Balaban J connectivity index is 1.62. The highest BCUT2D eigenvalue weighted by Crippen LogP contribution is 2.65. The molecule has 0 N–H and O–H groups in total. The van der Waals surface area contributed by atoms with Gasteiger partial charge in [0.05, 0.1) is 9.75 Å². The lowest BCUT2D eigenvalue weighted by Gasteiger charge is -2.25. The van der Waals surface area contributed by atoms with Gasteiger partial charge in [-0.1, -0.05) is 35.5 Å². The first-order valence-electron chi connectivity index (χ1n) is 12.6. The Bertz CT molecular complexity index is 1840. The average Bonchev–Trinajstić information content (AvgIpc) is 3.56. The minimum Gasteiger partial charge on any atom is -0.194 e. The summed E-state index contributed by atoms with van der Waals surface area (Å²) in [5.41, 5.74) is -1.19. The highest BCUT2D eigenvalue weighted by atomic mass is 32.1. The van der Waals surface area contributed by atoms with Gasteiger partial charge < -0.3 is 0 Å². The van der Waals surface area contributed by atoms with Gasteiger partial charge in [0, 0.05) is 43.2 Å². The van der Waals surface area contributed by atoms with Crippen LogP contribution < -0.4 is 0 Å². The Hall–Kier alpha value is -4.60. The van der Waals surface area contributed by atoms with Crippen molar-refractivity contribution in [3.8, 4) is 48.4 Å². The summed E-state index contributed by atoms with van der Waals surface area (Å²) in [5.74, 6) is 0.292. The van der Waals surface area contributed by atoms with E-state index in [4.69, 9.17) is 12.8 Å². The Labute approximate surface area is 253 Å². The number of rotatable bonds is 2. The molecule has 0 spiro atoms. The fraction of sp³-hybridized carbons (Fsp3) is 0.143. The molecule has 0 unspecified atom stereocenters. The Kier molecular flexibility index (Phi) is 7.58. The molecule has 1 aliphatic carbocycles. The van der Waals surface area contributed by atoms with Crippen LogP contribution in [0.15, 0.2) is 60.7 Å². The van der Waals surface area contributed by atoms with Crippen molar-refractivity contribution in [2.24, 2.45) is 0 Å². The van der Waals surface area contributed by atoms with Gasteiger partial charge in [0.25, 0.3) is 0 Å². The SMILES string of the molecule is C#Cc1ccc(C#Cc2cc(C3=C(c4cc(C#Cc5ccc(C#C)cc5)sc4C)C(F)(F)C(F)(F)C3(F)F)c(C)s2)cc1. The van der Waals surface area contributed by atoms with E-state index in [0.29, 0.717) is 22.3 Å². The summed E-state index contributed by atoms with van der Waals surface area (Å²) in [7, 11) is 0. The molecule has 0 radical (unpaired) electrons. The first-order valence-corrected chi connectivity index (χ1v) is 14.2. The molecule has 2 aromatic heterocycles. The van der Waals surface area contributed by atoms with Gasteiger partial charge in [-0.05, 0) is 85.6 Å². The van der Waals surface area contributed by atoms with Crippen LogP contribution in [0.4, 0.5) is 26.3 Å². The van der Waals surface area contributed by atoms with Crippen LogP contribution in [0.1, 0.15) is 52.9 Å². The zero-order chi connectivity index (χ0) is 31.2. The van der Waals surface area contributed by atoms with Crippen molar-refractivity contribution in [3.05, 3.63) is 114 Å². The van der Waals surface area contributed by atoms with Crippen molar-refractivity contribution >= 4 is 33.8 Å². The number of alkyl halides is 6. The zero-order valence-corrected chi connectivity index (χ0v) is 24.1. The predicted molar refractivity (Wildman–Crippen MR) is 160 cm³/mol. The third kappa shape index (κ3) is 5.15. The fourth-order valence-corrected chi connectivity index (χ4v) is 6.34. The highest BCUT2D eigenvalue weighted by Gasteiger charge is 2.80. The Morgan fingerprint density at radius 2 is 0.860 bits per heavy atom. The molecule has 4 aromatic rings. The van der Waals surface area contributed by atoms with E-state index in [1.807, 2.05) is 0 Å². The van der Waals surface area contributed by atoms with E-state index in [9.17, 15) is 8.78 Å². The number of hydrogen-bond donors (Lipinski definition) is 0. The van der Waals surface area contributed by atoms with E-state index >= 15 is 17.6 Å². The minimum absolute atomic E-state index is 0.149. The Morgan fingerprint density at radius 3 is 1.19 bits per heavy atom. The standard InChI is InChI=1S/C35H18F6S2/c1-5-23-7-11-25(12-8-23)15-17-27-19-29(21(3)42-27)31-32(34(38,39)35(40,41)33(31,36)37)30-20-28(43-22(30)4)18-16-26-13-9-24(6-2)10-14-26/h1-2,7-14,19-20H,3-4H3. The maximum atomic E-state index is 15.4. The number of thiophene rings is 2. The van der Waals surface area contributed by atoms with Gasteiger partial charge in [-0.15, -0.1) is 35.5 Å². The van der Waals surface area contributed by atoms with E-state index in [1.165, 1.54) is 13.8 Å². The number of benzene rings is 2. The quantitative estimate of drug-likeness (QED) is 0.156. The molecular weight excluding hydrogens is 599 g/mol. The molecule has 2 aromatic carbocycles. The van der Waals surface area contributed by atoms with Gasteiger partial charge in [-0.2, -0.15) is 26.3 Å². The van der Waals surface area contributed by atoms with Gasteiger partial charge in [0.2, 0.25) is 0 Å². The summed E-state index contributed by atoms with van der Waals surface area (Å²) in [4.78, 5) is 0.797. The van der Waals surface area contributed by atoms with E-state index in [-0.39, 0.29) is 19.5 Å². The lowest BCUT2D eigenvalue weighted by atomic mass is 9.95. The summed E-state index contributed by atoms with van der Waals surface area (Å²) in [6, 6.07) is 15.7. The first-order chi connectivity index (χ1) is 20.3. The molecule has 2 heterocycles. The summed E-state index contributed by atoms with van der Waals surface area (Å²) >= 11 is 1.90. The lowest BCUT2D eigenvalue weighted by molar-refractivity contribution is -0.254. The van der Waals surface area contributed by atoms with Crippen LogP contribution in [-0.2, 0) is 0 Å². The maximum absolute atomic E-state index is 15.4. The van der Waals surface area contributed by atoms with Crippen LogP contribution >= 0.6 is 22.7 Å². The summed E-state index contributed by atoms with van der Waals surface area (Å²) in [6.07, 6.45) is 10.7. The highest BCUT2D eigenvalue weighted by molar-refractivity contribution is 7.13. The van der Waals surface area contributed by atoms with Crippen molar-refractivity contribution < 1.29 is 26.3 Å². The van der Waals surface area contributed by atoms with Crippen LogP contribution in [0.3, 0.4) is 0 Å². The van der Waals surface area contributed by atoms with E-state index in [1.54, 1.807) is 48.5 Å². The predicted octanol–water partition coefficient (Wildman–Crippen LogP) is 9.02. The fourth-order valence-electron chi connectivity index (χ4n) is 4.58. The van der Waals surface area contributed by atoms with Crippen molar-refractivity contribution in [3.63, 3.8) is 0 Å². The summed E-state index contributed by atoms with van der Waals surface area (Å²) in [6.45, 7) is 2.82. The van der Waals surface area contributed by atoms with Crippen LogP contribution in [-0.4, -0.2) is 17.8 Å². The van der Waals surface area contributed by atoms with E-state index in [0.717, 1.165) is 34.8 Å². The van der Waals surface area contributed by atoms with E-state index < -0.39 is 40.0 Å². The molecule has 212 valence electrons. The second kappa shape index (κ2) is 10.9. The van der Waals surface area contributed by atoms with Crippen LogP contribution in [0.2, 0.25) is 0 Å². The van der Waals surface area contributed by atoms with Crippen molar-refractivity contribution in [2.45, 2.75) is 31.6 Å². The molecule has 0 saturated heterocycles. The number of aryl methyl sites for hydroxylation is 2. The molecule has 0 nitrogen and oxygen atoms in total. The zero-order valence-electron chi connectivity index (χ0n) is 22.5. The van der Waals surface area contributed by atoms with Crippen LogP contribution in [0.25, 0.3) is 11.1 Å². The molecular formula is C35H18F6S2. The molecule has 5 rings (SSSR count). The Morgan fingerprint density at radius 1 is 0.535 bits per heavy atom. The van der Waals surface area contributed by atoms with Crippen LogP contribution in [0, 0.1) is 62.2 Å². The number of hydrogen-bond acceptors (Lipinski definition) is 2. The number of halogens is 6.